The molecule has 0 fully saturated rings. The molecule has 0 saturated carbocycles. The van der Waals surface area contributed by atoms with E-state index in [0.29, 0.717) is 11.1 Å². The van der Waals surface area contributed by atoms with Crippen molar-refractivity contribution in [1.82, 2.24) is 0 Å². The van der Waals surface area contributed by atoms with Crippen LogP contribution in [0.15, 0.2) is 11.1 Å². The predicted octanol–water partition coefficient (Wildman–Crippen LogP) is 1.52. The van der Waals surface area contributed by atoms with Crippen molar-refractivity contribution in [2.75, 3.05) is 0 Å². The van der Waals surface area contributed by atoms with Crippen molar-refractivity contribution in [3.63, 3.8) is 0 Å². The second-order valence-electron chi connectivity index (χ2n) is 4.11. The standard InChI is InChI=1S/C10H14O4/c1-5-6(2)10(4,8(13)14)9(5,3)7(11)12/h1-4H3,(H,11,12)(H,13,14). The van der Waals surface area contributed by atoms with E-state index in [4.69, 9.17) is 10.2 Å². The van der Waals surface area contributed by atoms with Gasteiger partial charge in [0.1, 0.15) is 10.8 Å². The van der Waals surface area contributed by atoms with Crippen molar-refractivity contribution in [2.45, 2.75) is 27.7 Å². The van der Waals surface area contributed by atoms with Gasteiger partial charge in [0.2, 0.25) is 0 Å². The number of aliphatic carboxylic acids is 2. The Morgan fingerprint density at radius 2 is 1.14 bits per heavy atom. The number of hydrogen-bond donors (Lipinski definition) is 2. The van der Waals surface area contributed by atoms with Crippen LogP contribution >= 0.6 is 0 Å². The third kappa shape index (κ3) is 0.786. The molecule has 0 saturated heterocycles. The molecule has 2 unspecified atom stereocenters. The molecule has 0 aromatic carbocycles. The Balaban J connectivity index is 3.39. The lowest BCUT2D eigenvalue weighted by molar-refractivity contribution is -0.168. The second-order valence-corrected chi connectivity index (χ2v) is 4.11. The van der Waals surface area contributed by atoms with Crippen LogP contribution in [0.1, 0.15) is 27.7 Å². The minimum absolute atomic E-state index is 0.648. The predicted molar refractivity (Wildman–Crippen MR) is 49.9 cm³/mol. The van der Waals surface area contributed by atoms with E-state index in [9.17, 15) is 9.59 Å². The van der Waals surface area contributed by atoms with Crippen molar-refractivity contribution in [1.29, 1.82) is 0 Å². The highest BCUT2D eigenvalue weighted by molar-refractivity contribution is 5.95. The molecule has 4 nitrogen and oxygen atoms in total. The molecule has 0 spiro atoms. The van der Waals surface area contributed by atoms with Crippen molar-refractivity contribution in [3.8, 4) is 0 Å². The topological polar surface area (TPSA) is 74.6 Å². The summed E-state index contributed by atoms with van der Waals surface area (Å²) in [5.74, 6) is -2.16. The van der Waals surface area contributed by atoms with E-state index < -0.39 is 22.8 Å². The summed E-state index contributed by atoms with van der Waals surface area (Å²) in [6.45, 7) is 6.28. The maximum absolute atomic E-state index is 11.1. The molecule has 78 valence electrons. The Hall–Kier alpha value is -1.32. The smallest absolute Gasteiger partial charge is 0.314 e. The van der Waals surface area contributed by atoms with E-state index in [1.54, 1.807) is 13.8 Å². The van der Waals surface area contributed by atoms with Crippen molar-refractivity contribution in [2.24, 2.45) is 10.8 Å². The molecule has 0 heterocycles. The molecular weight excluding hydrogens is 184 g/mol. The molecule has 1 aliphatic carbocycles. The fourth-order valence-electron chi connectivity index (χ4n) is 2.19. The van der Waals surface area contributed by atoms with Gasteiger partial charge in [0.15, 0.2) is 0 Å². The van der Waals surface area contributed by atoms with Gasteiger partial charge in [0.05, 0.1) is 0 Å². The van der Waals surface area contributed by atoms with Gasteiger partial charge < -0.3 is 10.2 Å². The van der Waals surface area contributed by atoms with E-state index in [0.717, 1.165) is 0 Å². The molecule has 4 heteroatoms. The van der Waals surface area contributed by atoms with Crippen molar-refractivity contribution < 1.29 is 19.8 Å². The van der Waals surface area contributed by atoms with Crippen molar-refractivity contribution in [3.05, 3.63) is 11.1 Å². The van der Waals surface area contributed by atoms with Crippen LogP contribution in [0.5, 0.6) is 0 Å². The molecular formula is C10H14O4. The van der Waals surface area contributed by atoms with Crippen LogP contribution in [0.25, 0.3) is 0 Å². The lowest BCUT2D eigenvalue weighted by atomic mass is 9.48. The quantitative estimate of drug-likeness (QED) is 0.659. The van der Waals surface area contributed by atoms with E-state index in [-0.39, 0.29) is 0 Å². The summed E-state index contributed by atoms with van der Waals surface area (Å²) < 4.78 is 0. The first-order valence-electron chi connectivity index (χ1n) is 4.36. The zero-order valence-electron chi connectivity index (χ0n) is 8.71. The van der Waals surface area contributed by atoms with E-state index >= 15 is 0 Å². The SMILES string of the molecule is CC1=C(C)C(C)(C(=O)O)C1(C)C(=O)O. The van der Waals surface area contributed by atoms with Gasteiger partial charge in [-0.3, -0.25) is 9.59 Å². The molecule has 0 radical (unpaired) electrons. The Kier molecular flexibility index (Phi) is 1.99. The first-order valence-corrected chi connectivity index (χ1v) is 4.36. The Labute approximate surface area is 82.2 Å². The van der Waals surface area contributed by atoms with Crippen LogP contribution in [0, 0.1) is 10.8 Å². The molecule has 0 aliphatic heterocycles. The molecule has 2 atom stereocenters. The average molecular weight is 198 g/mol. The molecule has 0 aromatic rings. The monoisotopic (exact) mass is 198 g/mol. The van der Waals surface area contributed by atoms with Gasteiger partial charge >= 0.3 is 11.9 Å². The van der Waals surface area contributed by atoms with Gasteiger partial charge in [-0.2, -0.15) is 0 Å². The zero-order chi connectivity index (χ0) is 11.3. The molecule has 0 bridgehead atoms. The third-order valence-corrected chi connectivity index (χ3v) is 3.92. The summed E-state index contributed by atoms with van der Waals surface area (Å²) in [5.41, 5.74) is -1.25. The van der Waals surface area contributed by atoms with Gasteiger partial charge in [-0.15, -0.1) is 0 Å². The lowest BCUT2D eigenvalue weighted by Crippen LogP contribution is -2.57. The summed E-state index contributed by atoms with van der Waals surface area (Å²) in [6.07, 6.45) is 0. The van der Waals surface area contributed by atoms with Crippen molar-refractivity contribution >= 4 is 11.9 Å². The van der Waals surface area contributed by atoms with Gasteiger partial charge in [-0.1, -0.05) is 11.1 Å². The Morgan fingerprint density at radius 1 is 0.929 bits per heavy atom. The second kappa shape index (κ2) is 2.59. The first-order chi connectivity index (χ1) is 6.20. The number of carbonyl (C=O) groups is 2. The number of carboxylic acids is 2. The molecule has 14 heavy (non-hydrogen) atoms. The minimum atomic E-state index is -1.27. The Morgan fingerprint density at radius 3 is 1.29 bits per heavy atom. The molecule has 2 N–H and O–H groups in total. The first kappa shape index (κ1) is 10.8. The van der Waals surface area contributed by atoms with Crippen LogP contribution < -0.4 is 0 Å². The van der Waals surface area contributed by atoms with Crippen LogP contribution in [0.4, 0.5) is 0 Å². The van der Waals surface area contributed by atoms with Gasteiger partial charge in [-0.05, 0) is 27.7 Å². The van der Waals surface area contributed by atoms with E-state index in [1.807, 2.05) is 0 Å². The highest BCUT2D eigenvalue weighted by Gasteiger charge is 2.65. The summed E-state index contributed by atoms with van der Waals surface area (Å²) in [5, 5.41) is 18.1. The molecule has 0 amide bonds. The average Bonchev–Trinajstić information content (AvgIpc) is 2.12. The van der Waals surface area contributed by atoms with E-state index in [2.05, 4.69) is 0 Å². The van der Waals surface area contributed by atoms with E-state index in [1.165, 1.54) is 13.8 Å². The highest BCUT2D eigenvalue weighted by Crippen LogP contribution is 2.60. The lowest BCUT2D eigenvalue weighted by Gasteiger charge is -2.51. The fraction of sp³-hybridized carbons (Fsp3) is 0.600. The minimum Gasteiger partial charge on any atom is -0.481 e. The maximum atomic E-state index is 11.1. The summed E-state index contributed by atoms with van der Waals surface area (Å²) in [6, 6.07) is 0. The summed E-state index contributed by atoms with van der Waals surface area (Å²) >= 11 is 0. The molecule has 0 aromatic heterocycles. The fourth-order valence-corrected chi connectivity index (χ4v) is 2.19. The van der Waals surface area contributed by atoms with Crippen LogP contribution in [-0.4, -0.2) is 22.2 Å². The third-order valence-electron chi connectivity index (χ3n) is 3.92. The summed E-state index contributed by atoms with van der Waals surface area (Å²) in [4.78, 5) is 22.2. The van der Waals surface area contributed by atoms with Crippen LogP contribution in [0.2, 0.25) is 0 Å². The van der Waals surface area contributed by atoms with Gasteiger partial charge in [-0.25, -0.2) is 0 Å². The van der Waals surface area contributed by atoms with Crippen LogP contribution in [0.3, 0.4) is 0 Å². The molecule has 1 rings (SSSR count). The number of carboxylic acid groups (broad SMARTS) is 2. The largest absolute Gasteiger partial charge is 0.481 e. The zero-order valence-corrected chi connectivity index (χ0v) is 8.71. The van der Waals surface area contributed by atoms with Crippen LogP contribution in [-0.2, 0) is 9.59 Å². The normalized spacial score (nSPS) is 36.6. The highest BCUT2D eigenvalue weighted by atomic mass is 16.4. The maximum Gasteiger partial charge on any atom is 0.314 e. The Bertz CT molecular complexity index is 321. The number of hydrogen-bond acceptors (Lipinski definition) is 2. The van der Waals surface area contributed by atoms with Gasteiger partial charge in [0.25, 0.3) is 0 Å². The summed E-state index contributed by atoms with van der Waals surface area (Å²) in [7, 11) is 0. The van der Waals surface area contributed by atoms with Gasteiger partial charge in [0, 0.05) is 0 Å². The molecule has 1 aliphatic rings. The number of rotatable bonds is 2.